The Hall–Kier alpha value is -3.27. The quantitative estimate of drug-likeness (QED) is 0.0219. The molecule has 9 nitrogen and oxygen atoms in total. The van der Waals surface area contributed by atoms with E-state index in [1.165, 1.54) is 0 Å². The first kappa shape index (κ1) is 51.7. The van der Waals surface area contributed by atoms with Crippen LogP contribution >= 0.6 is 0 Å². The number of hydrogen-bond acceptors (Lipinski definition) is 7. The average Bonchev–Trinajstić information content (AvgIpc) is 3.14. The molecule has 2 atom stereocenters. The lowest BCUT2D eigenvalue weighted by Gasteiger charge is -2.25. The molecule has 0 aliphatic carbocycles. The van der Waals surface area contributed by atoms with Gasteiger partial charge in [0.2, 0.25) is 0 Å². The molecule has 0 saturated carbocycles. The lowest BCUT2D eigenvalue weighted by atomic mass is 10.1. The lowest BCUT2D eigenvalue weighted by Crippen LogP contribution is -2.40. The van der Waals surface area contributed by atoms with Crippen LogP contribution in [0.1, 0.15) is 142 Å². The zero-order valence-electron chi connectivity index (χ0n) is 35.3. The number of quaternary nitrogens is 1. The summed E-state index contributed by atoms with van der Waals surface area (Å²) in [6.45, 7) is 4.61. The molecule has 0 rings (SSSR count). The zero-order chi connectivity index (χ0) is 40.7. The maximum absolute atomic E-state index is 12.7. The predicted octanol–water partition coefficient (Wildman–Crippen LogP) is 10.8. The van der Waals surface area contributed by atoms with E-state index in [9.17, 15) is 19.5 Å². The Labute approximate surface area is 335 Å². The van der Waals surface area contributed by atoms with Gasteiger partial charge >= 0.3 is 17.9 Å². The number of likely N-dealkylation sites (N-methyl/N-ethyl adjacent to an activating group) is 1. The molecule has 0 amide bonds. The molecule has 2 unspecified atom stereocenters. The van der Waals surface area contributed by atoms with E-state index in [2.05, 4.69) is 86.8 Å². The number of carboxylic acid groups (broad SMARTS) is 1. The van der Waals surface area contributed by atoms with E-state index in [1.807, 2.05) is 21.1 Å². The van der Waals surface area contributed by atoms with Gasteiger partial charge in [-0.2, -0.15) is 0 Å². The summed E-state index contributed by atoms with van der Waals surface area (Å²) in [4.78, 5) is 36.7. The number of aliphatic carboxylic acids is 1. The minimum Gasteiger partial charge on any atom is -0.477 e. The Morgan fingerprint density at radius 3 is 1.55 bits per heavy atom. The summed E-state index contributed by atoms with van der Waals surface area (Å²) in [7, 11) is 5.92. The van der Waals surface area contributed by atoms with Gasteiger partial charge in [0.1, 0.15) is 13.2 Å². The molecule has 0 aromatic carbocycles. The van der Waals surface area contributed by atoms with Crippen molar-refractivity contribution in [3.63, 3.8) is 0 Å². The van der Waals surface area contributed by atoms with Crippen molar-refractivity contribution in [3.05, 3.63) is 72.9 Å². The molecule has 0 heterocycles. The van der Waals surface area contributed by atoms with Gasteiger partial charge in [0, 0.05) is 12.8 Å². The summed E-state index contributed by atoms with van der Waals surface area (Å²) >= 11 is 0. The van der Waals surface area contributed by atoms with E-state index in [1.54, 1.807) is 0 Å². The fourth-order valence-corrected chi connectivity index (χ4v) is 5.19. The Kier molecular flexibility index (Phi) is 35.4. The van der Waals surface area contributed by atoms with Crippen molar-refractivity contribution >= 4 is 17.9 Å². The van der Waals surface area contributed by atoms with Gasteiger partial charge < -0.3 is 28.5 Å². The molecule has 0 aromatic heterocycles. The molecule has 0 radical (unpaired) electrons. The van der Waals surface area contributed by atoms with E-state index in [0.717, 1.165) is 109 Å². The third-order valence-corrected chi connectivity index (χ3v) is 8.48. The maximum atomic E-state index is 12.7. The largest absolute Gasteiger partial charge is 0.477 e. The monoisotopic (exact) mass is 773 g/mol. The molecule has 0 aliphatic rings. The SMILES string of the molecule is CC/C=C\C/C=C\C/C=C\C/C=C\C/C=C\C/C=C\CCCCCCCCC(=O)OC(COC(=O)CCCCCCC)COC(OCC[N+](C)(C)C)C(=O)O. The van der Waals surface area contributed by atoms with Crippen molar-refractivity contribution < 1.29 is 42.9 Å². The molecule has 0 saturated heterocycles. The van der Waals surface area contributed by atoms with E-state index < -0.39 is 24.3 Å². The predicted molar refractivity (Wildman–Crippen MR) is 226 cm³/mol. The third kappa shape index (κ3) is 38.8. The Balaban J connectivity index is 4.29. The summed E-state index contributed by atoms with van der Waals surface area (Å²) in [5.41, 5.74) is 0. The van der Waals surface area contributed by atoms with Crippen molar-refractivity contribution in [1.29, 1.82) is 0 Å². The highest BCUT2D eigenvalue weighted by atomic mass is 16.7. The van der Waals surface area contributed by atoms with Crippen LogP contribution in [0.2, 0.25) is 0 Å². The molecule has 0 bridgehead atoms. The summed E-state index contributed by atoms with van der Waals surface area (Å²) in [6, 6.07) is 0. The number of carboxylic acids is 1. The van der Waals surface area contributed by atoms with Gasteiger partial charge in [-0.05, 0) is 64.2 Å². The Morgan fingerprint density at radius 2 is 1.04 bits per heavy atom. The second-order valence-electron chi connectivity index (χ2n) is 14.9. The number of nitrogens with zero attached hydrogens (tertiary/aromatic N) is 1. The summed E-state index contributed by atoms with van der Waals surface area (Å²) in [5.74, 6) is -2.06. The number of hydrogen-bond donors (Lipinski definition) is 1. The minimum absolute atomic E-state index is 0.181. The smallest absolute Gasteiger partial charge is 0.361 e. The van der Waals surface area contributed by atoms with Gasteiger partial charge in [0.15, 0.2) is 6.10 Å². The van der Waals surface area contributed by atoms with Crippen molar-refractivity contribution in [2.24, 2.45) is 0 Å². The molecule has 0 aliphatic heterocycles. The molecule has 55 heavy (non-hydrogen) atoms. The second-order valence-corrected chi connectivity index (χ2v) is 14.9. The molecule has 0 aromatic rings. The van der Waals surface area contributed by atoms with Crippen LogP contribution in [0.5, 0.6) is 0 Å². The molecular formula is C46H78NO8+. The van der Waals surface area contributed by atoms with Crippen LogP contribution in [0, 0.1) is 0 Å². The standard InChI is InChI=1S/C46H77NO8/c1-6-8-10-12-13-14-15-16-17-18-19-20-21-22-23-24-25-26-27-28-29-30-31-33-35-37-44(49)55-42(40-53-43(48)36-34-32-11-9-7-2)41-54-46(45(50)51)52-39-38-47(3,4)5/h8,10,13-14,16-17,19-20,22-23,25-26,42,46H,6-7,9,11-12,15,18,21,24,27-41H2,1-5H3/p+1/b10-8-,14-13-,17-16-,20-19-,23-22-,26-25-. The molecule has 1 N–H and O–H groups in total. The highest BCUT2D eigenvalue weighted by Crippen LogP contribution is 2.12. The number of carbonyl (C=O) groups excluding carboxylic acids is 2. The van der Waals surface area contributed by atoms with Crippen molar-refractivity contribution in [2.45, 2.75) is 155 Å². The van der Waals surface area contributed by atoms with Crippen LogP contribution in [0.4, 0.5) is 0 Å². The van der Waals surface area contributed by atoms with Crippen LogP contribution in [0.25, 0.3) is 0 Å². The number of esters is 2. The fourth-order valence-electron chi connectivity index (χ4n) is 5.19. The molecule has 0 spiro atoms. The number of ether oxygens (including phenoxy) is 4. The number of allylic oxidation sites excluding steroid dienone is 12. The van der Waals surface area contributed by atoms with Gasteiger partial charge in [-0.15, -0.1) is 0 Å². The van der Waals surface area contributed by atoms with Crippen LogP contribution in [0.3, 0.4) is 0 Å². The van der Waals surface area contributed by atoms with Gasteiger partial charge in [-0.25, -0.2) is 4.79 Å². The van der Waals surface area contributed by atoms with E-state index in [0.29, 0.717) is 23.9 Å². The van der Waals surface area contributed by atoms with Gasteiger partial charge in [-0.3, -0.25) is 9.59 Å². The van der Waals surface area contributed by atoms with Gasteiger partial charge in [0.05, 0.1) is 34.4 Å². The maximum Gasteiger partial charge on any atom is 0.361 e. The number of carbonyl (C=O) groups is 3. The molecule has 9 heteroatoms. The van der Waals surface area contributed by atoms with Gasteiger partial charge in [0.25, 0.3) is 6.29 Å². The summed E-state index contributed by atoms with van der Waals surface area (Å²) in [5, 5.41) is 9.57. The molecule has 314 valence electrons. The Morgan fingerprint density at radius 1 is 0.564 bits per heavy atom. The second kappa shape index (κ2) is 37.6. The van der Waals surface area contributed by atoms with Crippen molar-refractivity contribution in [2.75, 3.05) is 47.5 Å². The van der Waals surface area contributed by atoms with Crippen LogP contribution in [0.15, 0.2) is 72.9 Å². The first-order valence-corrected chi connectivity index (χ1v) is 21.1. The number of unbranched alkanes of at least 4 members (excludes halogenated alkanes) is 10. The lowest BCUT2D eigenvalue weighted by molar-refractivity contribution is -0.870. The highest BCUT2D eigenvalue weighted by molar-refractivity contribution is 5.71. The Bertz CT molecular complexity index is 1130. The normalized spacial score (nSPS) is 13.7. The minimum atomic E-state index is -1.51. The van der Waals surface area contributed by atoms with Crippen LogP contribution in [-0.4, -0.2) is 87.4 Å². The first-order chi connectivity index (χ1) is 26.6. The van der Waals surface area contributed by atoms with Crippen LogP contribution < -0.4 is 0 Å². The van der Waals surface area contributed by atoms with E-state index in [4.69, 9.17) is 18.9 Å². The summed E-state index contributed by atoms with van der Waals surface area (Å²) < 4.78 is 22.5. The molecule has 0 fully saturated rings. The first-order valence-electron chi connectivity index (χ1n) is 21.1. The van der Waals surface area contributed by atoms with Gasteiger partial charge in [-0.1, -0.05) is 138 Å². The zero-order valence-corrected chi connectivity index (χ0v) is 35.3. The summed E-state index contributed by atoms with van der Waals surface area (Å²) in [6.07, 6.45) is 42.9. The average molecular weight is 773 g/mol. The van der Waals surface area contributed by atoms with Crippen molar-refractivity contribution in [3.8, 4) is 0 Å². The topological polar surface area (TPSA) is 108 Å². The van der Waals surface area contributed by atoms with E-state index in [-0.39, 0.29) is 32.2 Å². The highest BCUT2D eigenvalue weighted by Gasteiger charge is 2.25. The van der Waals surface area contributed by atoms with E-state index >= 15 is 0 Å². The van der Waals surface area contributed by atoms with Crippen molar-refractivity contribution in [1.82, 2.24) is 0 Å². The number of rotatable bonds is 37. The molecular weight excluding hydrogens is 695 g/mol. The fraction of sp³-hybridized carbons (Fsp3) is 0.674. The van der Waals surface area contributed by atoms with Crippen LogP contribution in [-0.2, 0) is 33.3 Å². The third-order valence-electron chi connectivity index (χ3n) is 8.48.